The van der Waals surface area contributed by atoms with Crippen molar-refractivity contribution in [2.45, 2.75) is 12.8 Å². The van der Waals surface area contributed by atoms with E-state index in [2.05, 4.69) is 34.1 Å². The topological polar surface area (TPSA) is 43.8 Å². The number of aliphatic carboxylic acids is 1. The minimum Gasteiger partial charge on any atom is -0.481 e. The predicted molar refractivity (Wildman–Crippen MR) is 73.3 cm³/mol. The second-order valence-electron chi connectivity index (χ2n) is 5.01. The van der Waals surface area contributed by atoms with Crippen molar-refractivity contribution in [3.05, 3.63) is 24.3 Å². The van der Waals surface area contributed by atoms with E-state index in [0.29, 0.717) is 0 Å². The van der Waals surface area contributed by atoms with Crippen molar-refractivity contribution in [3.8, 4) is 0 Å². The van der Waals surface area contributed by atoms with Gasteiger partial charge in [0.2, 0.25) is 0 Å². The Balaban J connectivity index is 1.99. The molecule has 2 rings (SSSR count). The number of carbonyl (C=O) groups is 1. The first kappa shape index (κ1) is 12.7. The van der Waals surface area contributed by atoms with Crippen LogP contribution in [0, 0.1) is 5.92 Å². The maximum absolute atomic E-state index is 10.9. The van der Waals surface area contributed by atoms with E-state index in [1.165, 1.54) is 11.4 Å². The van der Waals surface area contributed by atoms with Gasteiger partial charge in [0, 0.05) is 38.6 Å². The van der Waals surface area contributed by atoms with Crippen molar-refractivity contribution in [1.29, 1.82) is 0 Å². The minimum absolute atomic E-state index is 0.165. The predicted octanol–water partition coefficient (Wildman–Crippen LogP) is 2.05. The average Bonchev–Trinajstić information content (AvgIpc) is 2.39. The summed E-state index contributed by atoms with van der Waals surface area (Å²) >= 11 is 0. The Bertz CT molecular complexity index is 406. The van der Waals surface area contributed by atoms with Crippen molar-refractivity contribution in [2.75, 3.05) is 37.0 Å². The molecule has 1 aliphatic rings. The van der Waals surface area contributed by atoms with E-state index < -0.39 is 5.97 Å². The first-order valence-corrected chi connectivity index (χ1v) is 6.33. The maximum atomic E-state index is 10.9. The van der Waals surface area contributed by atoms with Gasteiger partial charge in [0.15, 0.2) is 0 Å². The smallest absolute Gasteiger partial charge is 0.306 e. The van der Waals surface area contributed by atoms with Gasteiger partial charge in [-0.15, -0.1) is 0 Å². The molecule has 18 heavy (non-hydrogen) atoms. The molecular weight excluding hydrogens is 228 g/mol. The fourth-order valence-electron chi connectivity index (χ4n) is 2.35. The third-order valence-electron chi connectivity index (χ3n) is 3.58. The molecule has 1 N–H and O–H groups in total. The van der Waals surface area contributed by atoms with Crippen LogP contribution in [0.4, 0.5) is 11.4 Å². The first-order valence-electron chi connectivity index (χ1n) is 6.33. The summed E-state index contributed by atoms with van der Waals surface area (Å²) in [7, 11) is 4.04. The van der Waals surface area contributed by atoms with Crippen LogP contribution < -0.4 is 9.80 Å². The molecule has 1 saturated heterocycles. The van der Waals surface area contributed by atoms with Gasteiger partial charge >= 0.3 is 5.97 Å². The van der Waals surface area contributed by atoms with Crippen LogP contribution in [-0.2, 0) is 4.79 Å². The highest BCUT2D eigenvalue weighted by atomic mass is 16.4. The maximum Gasteiger partial charge on any atom is 0.306 e. The Kier molecular flexibility index (Phi) is 3.75. The van der Waals surface area contributed by atoms with Crippen molar-refractivity contribution in [2.24, 2.45) is 5.92 Å². The van der Waals surface area contributed by atoms with Crippen LogP contribution >= 0.6 is 0 Å². The van der Waals surface area contributed by atoms with Crippen molar-refractivity contribution in [1.82, 2.24) is 0 Å². The lowest BCUT2D eigenvalue weighted by atomic mass is 9.97. The molecule has 1 fully saturated rings. The number of rotatable bonds is 3. The number of piperidine rings is 1. The molecule has 0 aliphatic carbocycles. The summed E-state index contributed by atoms with van der Waals surface area (Å²) in [4.78, 5) is 15.2. The van der Waals surface area contributed by atoms with Crippen LogP contribution in [0.25, 0.3) is 0 Å². The molecule has 0 aromatic heterocycles. The first-order chi connectivity index (χ1) is 8.58. The SMILES string of the molecule is CN(C)c1ccc(N2CCC(C(=O)O)CC2)cc1. The van der Waals surface area contributed by atoms with Gasteiger partial charge in [0.1, 0.15) is 0 Å². The number of hydrogen-bond donors (Lipinski definition) is 1. The summed E-state index contributed by atoms with van der Waals surface area (Å²) in [5.74, 6) is -0.820. The van der Waals surface area contributed by atoms with Crippen LogP contribution in [-0.4, -0.2) is 38.3 Å². The van der Waals surface area contributed by atoms with Crippen LogP contribution in [0.15, 0.2) is 24.3 Å². The van der Waals surface area contributed by atoms with Crippen molar-refractivity contribution in [3.63, 3.8) is 0 Å². The van der Waals surface area contributed by atoms with Gasteiger partial charge in [-0.05, 0) is 37.1 Å². The fraction of sp³-hybridized carbons (Fsp3) is 0.500. The van der Waals surface area contributed by atoms with Crippen LogP contribution in [0.1, 0.15) is 12.8 Å². The summed E-state index contributed by atoms with van der Waals surface area (Å²) in [6.07, 6.45) is 1.48. The molecule has 1 aromatic rings. The number of nitrogens with zero attached hydrogens (tertiary/aromatic N) is 2. The summed E-state index contributed by atoms with van der Waals surface area (Å²) in [6, 6.07) is 8.41. The van der Waals surface area contributed by atoms with Gasteiger partial charge < -0.3 is 14.9 Å². The monoisotopic (exact) mass is 248 g/mol. The Morgan fingerprint density at radius 3 is 2.22 bits per heavy atom. The zero-order valence-corrected chi connectivity index (χ0v) is 11.0. The molecule has 0 radical (unpaired) electrons. The lowest BCUT2D eigenvalue weighted by Gasteiger charge is -2.32. The van der Waals surface area contributed by atoms with Crippen LogP contribution in [0.3, 0.4) is 0 Å². The Hall–Kier alpha value is -1.71. The van der Waals surface area contributed by atoms with Crippen molar-refractivity contribution < 1.29 is 9.90 Å². The molecule has 1 aliphatic heterocycles. The largest absolute Gasteiger partial charge is 0.481 e. The molecule has 1 heterocycles. The molecule has 4 heteroatoms. The van der Waals surface area contributed by atoms with Gasteiger partial charge in [-0.1, -0.05) is 0 Å². The number of anilines is 2. The normalized spacial score (nSPS) is 16.7. The highest BCUT2D eigenvalue weighted by molar-refractivity contribution is 5.70. The highest BCUT2D eigenvalue weighted by Gasteiger charge is 2.24. The highest BCUT2D eigenvalue weighted by Crippen LogP contribution is 2.25. The van der Waals surface area contributed by atoms with Gasteiger partial charge in [0.05, 0.1) is 5.92 Å². The second kappa shape index (κ2) is 5.29. The van der Waals surface area contributed by atoms with Gasteiger partial charge in [-0.2, -0.15) is 0 Å². The zero-order chi connectivity index (χ0) is 13.1. The Labute approximate surface area is 108 Å². The summed E-state index contributed by atoms with van der Waals surface area (Å²) in [5.41, 5.74) is 2.36. The fourth-order valence-corrected chi connectivity index (χ4v) is 2.35. The van der Waals surface area contributed by atoms with E-state index in [9.17, 15) is 4.79 Å². The molecule has 1 aromatic carbocycles. The molecule has 0 bridgehead atoms. The number of benzene rings is 1. The lowest BCUT2D eigenvalue weighted by molar-refractivity contribution is -0.142. The zero-order valence-electron chi connectivity index (χ0n) is 11.0. The van der Waals surface area contributed by atoms with Gasteiger partial charge in [0.25, 0.3) is 0 Å². The van der Waals surface area contributed by atoms with E-state index in [-0.39, 0.29) is 5.92 Å². The summed E-state index contributed by atoms with van der Waals surface area (Å²) in [5, 5.41) is 8.97. The molecule has 0 unspecified atom stereocenters. The molecule has 0 saturated carbocycles. The van der Waals surface area contributed by atoms with Crippen molar-refractivity contribution >= 4 is 17.3 Å². The molecule has 0 amide bonds. The molecular formula is C14H20N2O2. The standard InChI is InChI=1S/C14H20N2O2/c1-15(2)12-3-5-13(6-4-12)16-9-7-11(8-10-16)14(17)18/h3-6,11H,7-10H2,1-2H3,(H,17,18). The molecule has 0 atom stereocenters. The van der Waals surface area contributed by atoms with E-state index in [1.807, 2.05) is 14.1 Å². The van der Waals surface area contributed by atoms with E-state index in [4.69, 9.17) is 5.11 Å². The number of carboxylic acid groups (broad SMARTS) is 1. The molecule has 4 nitrogen and oxygen atoms in total. The third-order valence-corrected chi connectivity index (χ3v) is 3.58. The Morgan fingerprint density at radius 2 is 1.78 bits per heavy atom. The molecule has 0 spiro atoms. The number of hydrogen-bond acceptors (Lipinski definition) is 3. The van der Waals surface area contributed by atoms with Crippen LogP contribution in [0.2, 0.25) is 0 Å². The van der Waals surface area contributed by atoms with E-state index >= 15 is 0 Å². The third kappa shape index (κ3) is 2.75. The quantitative estimate of drug-likeness (QED) is 0.889. The van der Waals surface area contributed by atoms with E-state index in [1.54, 1.807) is 0 Å². The second-order valence-corrected chi connectivity index (χ2v) is 5.01. The molecule has 98 valence electrons. The minimum atomic E-state index is -0.655. The van der Waals surface area contributed by atoms with E-state index in [0.717, 1.165) is 25.9 Å². The summed E-state index contributed by atoms with van der Waals surface area (Å²) < 4.78 is 0. The summed E-state index contributed by atoms with van der Waals surface area (Å²) in [6.45, 7) is 1.66. The van der Waals surface area contributed by atoms with Gasteiger partial charge in [-0.3, -0.25) is 4.79 Å². The Morgan fingerprint density at radius 1 is 1.22 bits per heavy atom. The lowest BCUT2D eigenvalue weighted by Crippen LogP contribution is -2.36. The van der Waals surface area contributed by atoms with Crippen LogP contribution in [0.5, 0.6) is 0 Å². The van der Waals surface area contributed by atoms with Gasteiger partial charge in [-0.25, -0.2) is 0 Å². The average molecular weight is 248 g/mol. The number of carboxylic acids is 1.